The number of methoxy groups -OCH3 is 1. The third-order valence-corrected chi connectivity index (χ3v) is 8.76. The summed E-state index contributed by atoms with van der Waals surface area (Å²) in [6, 6.07) is 16.7. The van der Waals surface area contributed by atoms with Crippen molar-refractivity contribution in [3.05, 3.63) is 90.0 Å². The minimum Gasteiger partial charge on any atom is -0.496 e. The van der Waals surface area contributed by atoms with Crippen LogP contribution in [-0.2, 0) is 11.0 Å². The van der Waals surface area contributed by atoms with Gasteiger partial charge >= 0.3 is 0 Å². The van der Waals surface area contributed by atoms with Gasteiger partial charge in [0.15, 0.2) is 11.4 Å². The lowest BCUT2D eigenvalue weighted by Crippen LogP contribution is -2.41. The molecule has 4 aromatic carbocycles. The Labute approximate surface area is 274 Å². The quantitative estimate of drug-likeness (QED) is 0.185. The van der Waals surface area contributed by atoms with Crippen LogP contribution in [0.15, 0.2) is 81.6 Å². The van der Waals surface area contributed by atoms with E-state index in [-0.39, 0.29) is 45.1 Å². The highest BCUT2D eigenvalue weighted by Gasteiger charge is 2.29. The number of furan rings is 1. The first-order chi connectivity index (χ1) is 22.7. The Balaban J connectivity index is 0.00000451. The van der Waals surface area contributed by atoms with Crippen LogP contribution in [0.2, 0.25) is 0 Å². The molecule has 0 spiro atoms. The predicted octanol–water partition coefficient (Wildman–Crippen LogP) is 5.83. The van der Waals surface area contributed by atoms with E-state index in [0.29, 0.717) is 33.4 Å². The van der Waals surface area contributed by atoms with Crippen LogP contribution in [0, 0.1) is 11.6 Å². The number of nitrogens with one attached hydrogen (secondary N) is 1. The van der Waals surface area contributed by atoms with Crippen LogP contribution in [0.3, 0.4) is 0 Å². The van der Waals surface area contributed by atoms with Crippen molar-refractivity contribution in [2.24, 2.45) is 0 Å². The number of amides is 1. The number of benzene rings is 4. The lowest BCUT2D eigenvalue weighted by molar-refractivity contribution is 0.0964. The number of anilines is 1. The molecule has 2 atom stereocenters. The van der Waals surface area contributed by atoms with Crippen molar-refractivity contribution in [2.45, 2.75) is 6.04 Å². The fraction of sp³-hybridized carbons (Fsp3) is 0.176. The monoisotopic (exact) mass is 681 g/mol. The van der Waals surface area contributed by atoms with E-state index in [9.17, 15) is 27.3 Å². The average molecular weight is 682 g/mol. The van der Waals surface area contributed by atoms with E-state index < -0.39 is 47.9 Å². The summed E-state index contributed by atoms with van der Waals surface area (Å²) >= 11 is 0. The topological polar surface area (TPSA) is 150 Å². The fourth-order valence-corrected chi connectivity index (χ4v) is 6.48. The number of para-hydroxylation sites is 1. The number of ether oxygens (including phenoxy) is 1. The number of carbonyl (C=O) groups is 1. The third kappa shape index (κ3) is 6.01. The van der Waals surface area contributed by atoms with Gasteiger partial charge in [-0.1, -0.05) is 12.1 Å². The van der Waals surface area contributed by atoms with Crippen molar-refractivity contribution >= 4 is 44.6 Å². The van der Waals surface area contributed by atoms with Crippen LogP contribution in [-0.4, -0.2) is 65.4 Å². The van der Waals surface area contributed by atoms with Gasteiger partial charge in [-0.15, -0.1) is 0 Å². The molecule has 4 N–H and O–H groups in total. The number of hydrogen-bond acceptors (Lipinski definition) is 7. The molecule has 6 aromatic rings. The number of nitrogens with zero attached hydrogens (tertiary/aromatic N) is 2. The van der Waals surface area contributed by atoms with Crippen molar-refractivity contribution in [3.8, 4) is 39.7 Å². The first kappa shape index (κ1) is 34.2. The average Bonchev–Trinajstić information content (AvgIpc) is 3.69. The van der Waals surface area contributed by atoms with Crippen LogP contribution in [0.25, 0.3) is 56.0 Å². The van der Waals surface area contributed by atoms with Gasteiger partial charge in [-0.05, 0) is 60.2 Å². The molecule has 1 amide bonds. The third-order valence-electron chi connectivity index (χ3n) is 7.71. The molecular weight excluding hydrogens is 651 g/mol. The van der Waals surface area contributed by atoms with E-state index in [2.05, 4.69) is 10.3 Å². The molecule has 0 bridgehead atoms. The summed E-state index contributed by atoms with van der Waals surface area (Å²) in [5.74, 6) is -0.966. The second-order valence-electron chi connectivity index (χ2n) is 10.5. The van der Waals surface area contributed by atoms with Crippen molar-refractivity contribution in [2.75, 3.05) is 38.0 Å². The first-order valence-electron chi connectivity index (χ1n) is 14.3. The van der Waals surface area contributed by atoms with Gasteiger partial charge in [0.05, 0.1) is 36.6 Å². The molecule has 0 aliphatic heterocycles. The van der Waals surface area contributed by atoms with Gasteiger partial charge in [0.25, 0.3) is 5.91 Å². The summed E-state index contributed by atoms with van der Waals surface area (Å²) in [5, 5.41) is 13.0. The number of hydrogen-bond donors (Lipinski definition) is 2. The molecule has 0 fully saturated rings. The van der Waals surface area contributed by atoms with Gasteiger partial charge in [-0.2, -0.15) is 0 Å². The minimum atomic E-state index is -1.85. The van der Waals surface area contributed by atoms with Gasteiger partial charge in [0.1, 0.15) is 46.1 Å². The zero-order valence-corrected chi connectivity index (χ0v) is 26.7. The number of alkyl halides is 1. The zero-order chi connectivity index (χ0) is 33.4. The fourth-order valence-electron chi connectivity index (χ4n) is 5.50. The largest absolute Gasteiger partial charge is 0.496 e. The standard InChI is InChI=1S/C34H28F3N3O6S.H2O/c1-38-33(42)30-23-14-22(19-9-12-27(44-2)24(13-19)34-39-31-25(37)5-4-6-28(31)46-34)26(40(47(3)43)21(16-35)17-41)15-29(23)45-32(30)18-7-10-20(36)11-8-18;/h4-15,21,41H,16-17H2,1-3H3,(H,38,42);1H2. The molecule has 0 aliphatic carbocycles. The van der Waals surface area contributed by atoms with Crippen molar-refractivity contribution in [1.29, 1.82) is 0 Å². The minimum absolute atomic E-state index is 0. The summed E-state index contributed by atoms with van der Waals surface area (Å²) in [6.45, 7) is -1.68. The Morgan fingerprint density at radius 2 is 1.75 bits per heavy atom. The van der Waals surface area contributed by atoms with Gasteiger partial charge in [0, 0.05) is 35.9 Å². The van der Waals surface area contributed by atoms with Crippen LogP contribution in [0.5, 0.6) is 5.75 Å². The molecule has 250 valence electrons. The zero-order valence-electron chi connectivity index (χ0n) is 25.8. The number of halogens is 3. The summed E-state index contributed by atoms with van der Waals surface area (Å²) < 4.78 is 74.6. The number of carbonyl (C=O) groups excluding carboxylic acids is 1. The maximum Gasteiger partial charge on any atom is 0.255 e. The number of oxazole rings is 1. The Morgan fingerprint density at radius 3 is 2.38 bits per heavy atom. The molecule has 2 unspecified atom stereocenters. The van der Waals surface area contributed by atoms with Gasteiger partial charge in [-0.25, -0.2) is 22.4 Å². The summed E-state index contributed by atoms with van der Waals surface area (Å²) in [5.41, 5.74) is 2.43. The highest BCUT2D eigenvalue weighted by atomic mass is 32.2. The van der Waals surface area contributed by atoms with E-state index in [1.807, 2.05) is 0 Å². The number of aliphatic hydroxyl groups excluding tert-OH is 1. The SMILES string of the molecule is CNC(=O)c1c(-c2ccc(F)cc2)oc2cc(N(C(CO)CF)S(C)=O)c(-c3ccc(OC)c(-c4nc5c(F)cccc5o4)c3)cc12.O. The van der Waals surface area contributed by atoms with Crippen LogP contribution in [0.4, 0.5) is 18.9 Å². The van der Waals surface area contributed by atoms with Crippen molar-refractivity contribution in [1.82, 2.24) is 10.3 Å². The number of aliphatic hydroxyl groups is 1. The van der Waals surface area contributed by atoms with E-state index in [4.69, 9.17) is 13.6 Å². The molecule has 0 aliphatic rings. The Kier molecular flexibility index (Phi) is 9.89. The maximum absolute atomic E-state index is 14.5. The molecular formula is C34H30F3N3O7S. The van der Waals surface area contributed by atoms with E-state index in [1.165, 1.54) is 67.2 Å². The molecule has 6 rings (SSSR count). The Bertz CT molecular complexity index is 2150. The normalized spacial score (nSPS) is 12.5. The molecule has 0 saturated heterocycles. The molecule has 2 heterocycles. The number of aromatic nitrogens is 1. The maximum atomic E-state index is 14.5. The first-order valence-corrected chi connectivity index (χ1v) is 15.8. The molecule has 2 aromatic heterocycles. The lowest BCUT2D eigenvalue weighted by atomic mass is 9.96. The summed E-state index contributed by atoms with van der Waals surface area (Å²) in [7, 11) is 1.06. The van der Waals surface area contributed by atoms with E-state index in [0.717, 1.165) is 0 Å². The van der Waals surface area contributed by atoms with Gasteiger partial charge in [0.2, 0.25) is 5.89 Å². The van der Waals surface area contributed by atoms with Crippen molar-refractivity contribution in [3.63, 3.8) is 0 Å². The van der Waals surface area contributed by atoms with E-state index in [1.54, 1.807) is 30.3 Å². The van der Waals surface area contributed by atoms with Crippen LogP contribution in [0.1, 0.15) is 10.4 Å². The van der Waals surface area contributed by atoms with Gasteiger partial charge < -0.3 is 29.5 Å². The Morgan fingerprint density at radius 1 is 1.02 bits per heavy atom. The highest BCUT2D eigenvalue weighted by Crippen LogP contribution is 2.44. The molecule has 0 saturated carbocycles. The lowest BCUT2D eigenvalue weighted by Gasteiger charge is -2.30. The summed E-state index contributed by atoms with van der Waals surface area (Å²) in [6.07, 6.45) is 1.35. The second-order valence-corrected chi connectivity index (χ2v) is 11.8. The molecule has 14 heteroatoms. The highest BCUT2D eigenvalue weighted by molar-refractivity contribution is 7.85. The van der Waals surface area contributed by atoms with Crippen molar-refractivity contribution < 1.29 is 46.3 Å². The van der Waals surface area contributed by atoms with Crippen LogP contribution >= 0.6 is 0 Å². The number of rotatable bonds is 10. The van der Waals surface area contributed by atoms with Gasteiger partial charge in [-0.3, -0.25) is 9.10 Å². The Hall–Kier alpha value is -5.18. The number of fused-ring (bicyclic) bond motifs is 2. The van der Waals surface area contributed by atoms with Crippen LogP contribution < -0.4 is 14.4 Å². The molecule has 48 heavy (non-hydrogen) atoms. The second kappa shape index (κ2) is 13.9. The predicted molar refractivity (Wildman–Crippen MR) is 177 cm³/mol. The molecule has 10 nitrogen and oxygen atoms in total. The smallest absolute Gasteiger partial charge is 0.255 e. The molecule has 0 radical (unpaired) electrons. The van der Waals surface area contributed by atoms with E-state index >= 15 is 0 Å². The summed E-state index contributed by atoms with van der Waals surface area (Å²) in [4.78, 5) is 17.7.